The zero-order chi connectivity index (χ0) is 32.9. The van der Waals surface area contributed by atoms with E-state index in [1.54, 1.807) is 10.6 Å². The highest BCUT2D eigenvalue weighted by Gasteiger charge is 2.48. The van der Waals surface area contributed by atoms with Gasteiger partial charge in [-0.05, 0) is 18.8 Å². The summed E-state index contributed by atoms with van der Waals surface area (Å²) >= 11 is 0. The molecule has 0 saturated carbocycles. The van der Waals surface area contributed by atoms with Gasteiger partial charge in [-0.3, -0.25) is 4.79 Å². The number of nitrogens with one attached hydrogen (secondary N) is 1. The molecule has 2 aromatic rings. The van der Waals surface area contributed by atoms with E-state index < -0.39 is 29.9 Å². The number of unbranched alkanes of at least 4 members (excludes halogenated alkanes) is 10. The lowest BCUT2D eigenvalue weighted by molar-refractivity contribution is -0.150. The standard InChI is InChI=1S/C35H48FN5O5/c1-4-6-7-8-9-10-11-12-13-14-15-20-29(43)38-31-30-32(40-34(36)39-31)41(24-37-30)22-26-21-28(42)35(5-2,46-26)23-45-33(44)27-19-17-16-18-25(27)3/h2,16-17,19,24-26,28,42H,4,6-15,18,20-23H2,1,3H3,(H,38,39,40,43)/t25?,26-,28+,35-/m1/s1. The predicted octanol–water partition coefficient (Wildman–Crippen LogP) is 6.19. The third kappa shape index (κ3) is 9.46. The first-order valence-electron chi connectivity index (χ1n) is 16.8. The topological polar surface area (TPSA) is 128 Å². The van der Waals surface area contributed by atoms with Gasteiger partial charge in [0.05, 0.1) is 19.0 Å². The van der Waals surface area contributed by atoms with Crippen LogP contribution in [0.3, 0.4) is 0 Å². The number of halogens is 1. The van der Waals surface area contributed by atoms with E-state index in [1.165, 1.54) is 57.7 Å². The minimum Gasteiger partial charge on any atom is -0.458 e. The first-order valence-corrected chi connectivity index (χ1v) is 16.8. The molecular formula is C35H48FN5O5. The van der Waals surface area contributed by atoms with E-state index in [1.807, 2.05) is 19.1 Å². The maximum atomic E-state index is 14.5. The summed E-state index contributed by atoms with van der Waals surface area (Å²) in [6, 6.07) is 0. The molecule has 0 bridgehead atoms. The highest BCUT2D eigenvalue weighted by Crippen LogP contribution is 2.33. The molecule has 2 aliphatic rings. The Labute approximate surface area is 271 Å². The molecular weight excluding hydrogens is 589 g/mol. The molecule has 0 spiro atoms. The molecule has 1 aliphatic heterocycles. The van der Waals surface area contributed by atoms with Crippen molar-refractivity contribution in [2.75, 3.05) is 11.9 Å². The van der Waals surface area contributed by atoms with Crippen molar-refractivity contribution in [3.05, 3.63) is 36.2 Å². The van der Waals surface area contributed by atoms with Crippen molar-refractivity contribution in [2.45, 2.75) is 128 Å². The van der Waals surface area contributed by atoms with Crippen LogP contribution in [0, 0.1) is 24.3 Å². The molecule has 4 atom stereocenters. The maximum Gasteiger partial charge on any atom is 0.334 e. The van der Waals surface area contributed by atoms with E-state index in [-0.39, 0.29) is 48.4 Å². The highest BCUT2D eigenvalue weighted by atomic mass is 19.1. The van der Waals surface area contributed by atoms with Crippen LogP contribution in [0.5, 0.6) is 0 Å². The molecule has 1 aliphatic carbocycles. The van der Waals surface area contributed by atoms with Gasteiger partial charge in [-0.15, -0.1) is 6.42 Å². The Kier molecular flexibility index (Phi) is 13.3. The molecule has 0 radical (unpaired) electrons. The summed E-state index contributed by atoms with van der Waals surface area (Å²) in [6.45, 7) is 3.99. The number of hydrogen-bond acceptors (Lipinski definition) is 8. The van der Waals surface area contributed by atoms with Gasteiger partial charge in [0.1, 0.15) is 12.7 Å². The SMILES string of the molecule is C#C[C@]1(COC(=O)C2=CC=CCC2C)O[C@@H](Cn2cnc3c(NC(=O)CCCCCCCCCCCCC)nc(F)nc32)C[C@@H]1O. The second-order valence-electron chi connectivity index (χ2n) is 12.5. The number of esters is 1. The fraction of sp³-hybridized carbons (Fsp3) is 0.629. The van der Waals surface area contributed by atoms with Crippen LogP contribution in [0.15, 0.2) is 30.1 Å². The van der Waals surface area contributed by atoms with Gasteiger partial charge in [0.2, 0.25) is 5.91 Å². The number of aliphatic hydroxyl groups excluding tert-OH is 1. The lowest BCUT2D eigenvalue weighted by Gasteiger charge is -2.27. The van der Waals surface area contributed by atoms with Crippen molar-refractivity contribution in [1.82, 2.24) is 19.5 Å². The van der Waals surface area contributed by atoms with Gasteiger partial charge in [-0.2, -0.15) is 14.4 Å². The van der Waals surface area contributed by atoms with E-state index in [0.717, 1.165) is 25.7 Å². The van der Waals surface area contributed by atoms with Crippen LogP contribution >= 0.6 is 0 Å². The number of hydrogen-bond donors (Lipinski definition) is 2. The van der Waals surface area contributed by atoms with Gasteiger partial charge >= 0.3 is 12.0 Å². The molecule has 250 valence electrons. The van der Waals surface area contributed by atoms with E-state index in [0.29, 0.717) is 12.0 Å². The van der Waals surface area contributed by atoms with Gasteiger partial charge in [-0.1, -0.05) is 102 Å². The molecule has 46 heavy (non-hydrogen) atoms. The largest absolute Gasteiger partial charge is 0.458 e. The Hall–Kier alpha value is -3.62. The minimum absolute atomic E-state index is 0.00710. The number of imidazole rings is 1. The number of terminal acetylenes is 1. The number of carbonyl (C=O) groups is 2. The Balaban J connectivity index is 1.27. The fourth-order valence-corrected chi connectivity index (χ4v) is 6.05. The first-order chi connectivity index (χ1) is 22.3. The van der Waals surface area contributed by atoms with E-state index >= 15 is 0 Å². The van der Waals surface area contributed by atoms with Crippen LogP contribution in [0.25, 0.3) is 11.2 Å². The number of fused-ring (bicyclic) bond motifs is 1. The number of ether oxygens (including phenoxy) is 2. The number of nitrogens with zero attached hydrogens (tertiary/aromatic N) is 4. The van der Waals surface area contributed by atoms with Crippen LogP contribution in [0.4, 0.5) is 10.2 Å². The predicted molar refractivity (Wildman–Crippen MR) is 174 cm³/mol. The number of amides is 1. The Morgan fingerprint density at radius 3 is 2.52 bits per heavy atom. The molecule has 10 nitrogen and oxygen atoms in total. The normalized spacial score (nSPS) is 22.5. The second kappa shape index (κ2) is 17.3. The quantitative estimate of drug-likeness (QED) is 0.0857. The summed E-state index contributed by atoms with van der Waals surface area (Å²) in [6.07, 6.45) is 24.2. The smallest absolute Gasteiger partial charge is 0.334 e. The Bertz CT molecular complexity index is 1430. The zero-order valence-corrected chi connectivity index (χ0v) is 27.2. The van der Waals surface area contributed by atoms with Crippen molar-refractivity contribution in [3.63, 3.8) is 0 Å². The molecule has 1 amide bonds. The van der Waals surface area contributed by atoms with Crippen LogP contribution < -0.4 is 5.32 Å². The highest BCUT2D eigenvalue weighted by molar-refractivity contribution is 5.96. The van der Waals surface area contributed by atoms with E-state index in [9.17, 15) is 19.1 Å². The summed E-state index contributed by atoms with van der Waals surface area (Å²) in [5, 5.41) is 13.5. The third-order valence-corrected chi connectivity index (χ3v) is 8.83. The van der Waals surface area contributed by atoms with E-state index in [2.05, 4.69) is 33.1 Å². The molecule has 11 heteroatoms. The second-order valence-corrected chi connectivity index (χ2v) is 12.5. The van der Waals surface area contributed by atoms with Crippen LogP contribution in [0.1, 0.15) is 104 Å². The van der Waals surface area contributed by atoms with Crippen molar-refractivity contribution < 1.29 is 28.6 Å². The van der Waals surface area contributed by atoms with Gasteiger partial charge in [0.25, 0.3) is 0 Å². The summed E-state index contributed by atoms with van der Waals surface area (Å²) < 4.78 is 27.6. The summed E-state index contributed by atoms with van der Waals surface area (Å²) in [4.78, 5) is 37.3. The van der Waals surface area contributed by atoms with Crippen molar-refractivity contribution in [3.8, 4) is 12.3 Å². The van der Waals surface area contributed by atoms with Gasteiger partial charge in [0.15, 0.2) is 22.6 Å². The summed E-state index contributed by atoms with van der Waals surface area (Å²) in [5.41, 5.74) is -0.578. The molecule has 2 N–H and O–H groups in total. The minimum atomic E-state index is -1.53. The molecule has 1 fully saturated rings. The zero-order valence-electron chi connectivity index (χ0n) is 27.2. The maximum absolute atomic E-state index is 14.5. The Morgan fingerprint density at radius 1 is 1.15 bits per heavy atom. The average Bonchev–Trinajstić information content (AvgIpc) is 3.58. The average molecular weight is 638 g/mol. The van der Waals surface area contributed by atoms with Gasteiger partial charge in [0, 0.05) is 18.4 Å². The first kappa shape index (κ1) is 35.2. The summed E-state index contributed by atoms with van der Waals surface area (Å²) in [7, 11) is 0. The number of aliphatic hydroxyl groups is 1. The monoisotopic (exact) mass is 637 g/mol. The fourth-order valence-electron chi connectivity index (χ4n) is 6.05. The van der Waals surface area contributed by atoms with Crippen LogP contribution in [0.2, 0.25) is 0 Å². The lowest BCUT2D eigenvalue weighted by atomic mass is 9.93. The number of aromatic nitrogens is 4. The lowest BCUT2D eigenvalue weighted by Crippen LogP contribution is -2.43. The molecule has 4 rings (SSSR count). The van der Waals surface area contributed by atoms with E-state index in [4.69, 9.17) is 15.9 Å². The van der Waals surface area contributed by atoms with Crippen molar-refractivity contribution >= 4 is 28.9 Å². The van der Waals surface area contributed by atoms with Crippen molar-refractivity contribution in [1.29, 1.82) is 0 Å². The number of anilines is 1. The number of carbonyl (C=O) groups excluding carboxylic acids is 2. The molecule has 0 aromatic carbocycles. The van der Waals surface area contributed by atoms with Crippen LogP contribution in [-0.2, 0) is 25.6 Å². The van der Waals surface area contributed by atoms with Gasteiger partial charge in [-0.25, -0.2) is 9.78 Å². The summed E-state index contributed by atoms with van der Waals surface area (Å²) in [5.74, 6) is 1.74. The number of allylic oxidation sites excluding steroid dienone is 3. The van der Waals surface area contributed by atoms with Crippen molar-refractivity contribution in [2.24, 2.45) is 5.92 Å². The molecule has 2 aromatic heterocycles. The molecule has 1 saturated heterocycles. The van der Waals surface area contributed by atoms with Crippen LogP contribution in [-0.4, -0.2) is 60.9 Å². The molecule has 3 heterocycles. The van der Waals surface area contributed by atoms with Gasteiger partial charge < -0.3 is 24.5 Å². The molecule has 1 unspecified atom stereocenters. The Morgan fingerprint density at radius 2 is 1.85 bits per heavy atom. The third-order valence-electron chi connectivity index (χ3n) is 8.83. The number of rotatable bonds is 18.